The molecule has 2 nitrogen and oxygen atoms in total. The first-order valence-electron chi connectivity index (χ1n) is 5.46. The molecule has 2 heteroatoms. The van der Waals surface area contributed by atoms with Crippen molar-refractivity contribution in [2.24, 2.45) is 5.16 Å². The van der Waals surface area contributed by atoms with Crippen molar-refractivity contribution in [3.05, 3.63) is 0 Å². The van der Waals surface area contributed by atoms with E-state index >= 15 is 0 Å². The van der Waals surface area contributed by atoms with Crippen LogP contribution < -0.4 is 0 Å². The third kappa shape index (κ3) is 11.5. The van der Waals surface area contributed by atoms with Crippen molar-refractivity contribution in [3.63, 3.8) is 0 Å². The van der Waals surface area contributed by atoms with E-state index in [-0.39, 0.29) is 0 Å². The summed E-state index contributed by atoms with van der Waals surface area (Å²) in [4.78, 5) is 4.57. The minimum absolute atomic E-state index is 1.06. The number of oxime groups is 1. The highest BCUT2D eigenvalue weighted by atomic mass is 16.6. The first kappa shape index (κ1) is 12.5. The maximum atomic E-state index is 4.57. The van der Waals surface area contributed by atoms with Crippen molar-refractivity contribution in [3.8, 4) is 0 Å². The molecule has 0 aliphatic heterocycles. The Morgan fingerprint density at radius 3 is 2.23 bits per heavy atom. The quantitative estimate of drug-likeness (QED) is 0.304. The van der Waals surface area contributed by atoms with E-state index in [4.69, 9.17) is 0 Å². The van der Waals surface area contributed by atoms with Crippen LogP contribution >= 0.6 is 0 Å². The first-order chi connectivity index (χ1) is 6.41. The van der Waals surface area contributed by atoms with Crippen molar-refractivity contribution in [2.75, 3.05) is 7.11 Å². The van der Waals surface area contributed by atoms with Crippen molar-refractivity contribution in [1.82, 2.24) is 0 Å². The summed E-state index contributed by atoms with van der Waals surface area (Å²) in [5, 5.41) is 3.69. The van der Waals surface area contributed by atoms with Gasteiger partial charge in [0.1, 0.15) is 7.11 Å². The van der Waals surface area contributed by atoms with Crippen LogP contribution in [0.2, 0.25) is 0 Å². The van der Waals surface area contributed by atoms with Gasteiger partial charge in [-0.2, -0.15) is 0 Å². The minimum Gasteiger partial charge on any atom is -0.399 e. The van der Waals surface area contributed by atoms with Gasteiger partial charge in [-0.15, -0.1) is 0 Å². The van der Waals surface area contributed by atoms with Gasteiger partial charge in [-0.3, -0.25) is 0 Å². The van der Waals surface area contributed by atoms with Crippen LogP contribution in [0.4, 0.5) is 0 Å². The summed E-state index contributed by atoms with van der Waals surface area (Å²) < 4.78 is 0. The van der Waals surface area contributed by atoms with Gasteiger partial charge in [0.2, 0.25) is 0 Å². The second-order valence-corrected chi connectivity index (χ2v) is 3.38. The molecule has 0 unspecified atom stereocenters. The molecule has 13 heavy (non-hydrogen) atoms. The van der Waals surface area contributed by atoms with E-state index in [1.54, 1.807) is 7.11 Å². The molecule has 78 valence electrons. The first-order valence-corrected chi connectivity index (χ1v) is 5.46. The fourth-order valence-corrected chi connectivity index (χ4v) is 1.32. The smallest absolute Gasteiger partial charge is 0.106 e. The van der Waals surface area contributed by atoms with Crippen LogP contribution in [0.15, 0.2) is 5.16 Å². The fourth-order valence-electron chi connectivity index (χ4n) is 1.32. The normalized spacial score (nSPS) is 10.9. The Labute approximate surface area is 82.4 Å². The summed E-state index contributed by atoms with van der Waals surface area (Å²) in [6, 6.07) is 0. The Bertz CT molecular complexity index is 113. The topological polar surface area (TPSA) is 21.6 Å². The van der Waals surface area contributed by atoms with Crippen molar-refractivity contribution in [2.45, 2.75) is 58.3 Å². The molecule has 0 aromatic rings. The summed E-state index contributed by atoms with van der Waals surface area (Å²) in [7, 11) is 1.58. The molecule has 0 rings (SSSR count). The molecule has 0 bridgehead atoms. The zero-order valence-electron chi connectivity index (χ0n) is 9.09. The lowest BCUT2D eigenvalue weighted by atomic mass is 10.1. The second-order valence-electron chi connectivity index (χ2n) is 3.38. The van der Waals surface area contributed by atoms with Gasteiger partial charge in [-0.05, 0) is 12.8 Å². The fraction of sp³-hybridized carbons (Fsp3) is 0.909. The van der Waals surface area contributed by atoms with Gasteiger partial charge in [0.25, 0.3) is 0 Å². The molecule has 0 saturated carbocycles. The minimum atomic E-state index is 1.06. The van der Waals surface area contributed by atoms with Crippen LogP contribution in [-0.2, 0) is 4.84 Å². The molecular weight excluding hydrogens is 162 g/mol. The summed E-state index contributed by atoms with van der Waals surface area (Å²) in [6.45, 7) is 2.25. The van der Waals surface area contributed by atoms with E-state index in [1.807, 2.05) is 6.21 Å². The lowest BCUT2D eigenvalue weighted by molar-refractivity contribution is 0.214. The third-order valence-electron chi connectivity index (χ3n) is 2.12. The Kier molecular flexibility index (Phi) is 11.0. The maximum Gasteiger partial charge on any atom is 0.106 e. The van der Waals surface area contributed by atoms with Crippen LogP contribution in [0.1, 0.15) is 58.3 Å². The Balaban J connectivity index is 2.87. The van der Waals surface area contributed by atoms with Gasteiger partial charge in [0.05, 0.1) is 0 Å². The van der Waals surface area contributed by atoms with Gasteiger partial charge < -0.3 is 4.84 Å². The molecule has 0 radical (unpaired) electrons. The highest BCUT2D eigenvalue weighted by Crippen LogP contribution is 2.07. The monoisotopic (exact) mass is 185 g/mol. The van der Waals surface area contributed by atoms with E-state index in [9.17, 15) is 0 Å². The van der Waals surface area contributed by atoms with Crippen LogP contribution in [-0.4, -0.2) is 13.3 Å². The van der Waals surface area contributed by atoms with Crippen molar-refractivity contribution in [1.29, 1.82) is 0 Å². The Morgan fingerprint density at radius 2 is 1.62 bits per heavy atom. The SMILES string of the molecule is CCCCCCCCC/C=N/OC. The molecule has 0 N–H and O–H groups in total. The zero-order valence-corrected chi connectivity index (χ0v) is 9.09. The predicted octanol–water partition coefficient (Wildman–Crippen LogP) is 3.76. The summed E-state index contributed by atoms with van der Waals surface area (Å²) in [5.74, 6) is 0. The molecule has 0 fully saturated rings. The lowest BCUT2D eigenvalue weighted by Gasteiger charge is -1.98. The van der Waals surface area contributed by atoms with E-state index in [2.05, 4.69) is 16.9 Å². The number of unbranched alkanes of at least 4 members (excludes halogenated alkanes) is 7. The van der Waals surface area contributed by atoms with Gasteiger partial charge in [-0.1, -0.05) is 50.6 Å². The standard InChI is InChI=1S/C11H23NO/c1-3-4-5-6-7-8-9-10-11-12-13-2/h11H,3-10H2,1-2H3/b12-11+. The number of hydrogen-bond donors (Lipinski definition) is 0. The molecule has 0 atom stereocenters. The molecule has 0 heterocycles. The van der Waals surface area contributed by atoms with Gasteiger partial charge in [0, 0.05) is 6.21 Å². The molecule has 0 aliphatic rings. The van der Waals surface area contributed by atoms with E-state index in [1.165, 1.54) is 44.9 Å². The van der Waals surface area contributed by atoms with E-state index < -0.39 is 0 Å². The summed E-state index contributed by atoms with van der Waals surface area (Å²) >= 11 is 0. The number of rotatable bonds is 9. The molecule has 0 aromatic heterocycles. The number of hydrogen-bond acceptors (Lipinski definition) is 2. The van der Waals surface area contributed by atoms with Crippen LogP contribution in [0.25, 0.3) is 0 Å². The van der Waals surface area contributed by atoms with Crippen LogP contribution in [0.5, 0.6) is 0 Å². The van der Waals surface area contributed by atoms with Crippen LogP contribution in [0, 0.1) is 0 Å². The number of nitrogens with zero attached hydrogens (tertiary/aromatic N) is 1. The van der Waals surface area contributed by atoms with E-state index in [0.29, 0.717) is 0 Å². The van der Waals surface area contributed by atoms with Gasteiger partial charge in [0.15, 0.2) is 0 Å². The lowest BCUT2D eigenvalue weighted by Crippen LogP contribution is -1.81. The van der Waals surface area contributed by atoms with Crippen molar-refractivity contribution >= 4 is 6.21 Å². The Morgan fingerprint density at radius 1 is 1.00 bits per heavy atom. The average Bonchev–Trinajstić information content (AvgIpc) is 2.16. The van der Waals surface area contributed by atoms with Crippen molar-refractivity contribution < 1.29 is 4.84 Å². The van der Waals surface area contributed by atoms with Gasteiger partial charge >= 0.3 is 0 Å². The third-order valence-corrected chi connectivity index (χ3v) is 2.12. The Hall–Kier alpha value is -0.530. The largest absolute Gasteiger partial charge is 0.399 e. The second kappa shape index (κ2) is 11.5. The molecule has 0 spiro atoms. The van der Waals surface area contributed by atoms with Crippen LogP contribution in [0.3, 0.4) is 0 Å². The molecule has 0 aliphatic carbocycles. The molecular formula is C11H23NO. The van der Waals surface area contributed by atoms with E-state index in [0.717, 1.165) is 6.42 Å². The predicted molar refractivity (Wildman–Crippen MR) is 58.1 cm³/mol. The highest BCUT2D eigenvalue weighted by Gasteiger charge is 1.89. The van der Waals surface area contributed by atoms with Gasteiger partial charge in [-0.25, -0.2) is 0 Å². The molecule has 0 saturated heterocycles. The highest BCUT2D eigenvalue weighted by molar-refractivity contribution is 5.55. The maximum absolute atomic E-state index is 4.57. The summed E-state index contributed by atoms with van der Waals surface area (Å²) in [6.07, 6.45) is 12.4. The average molecular weight is 185 g/mol. The summed E-state index contributed by atoms with van der Waals surface area (Å²) in [5.41, 5.74) is 0. The zero-order chi connectivity index (χ0) is 9.78. The molecule has 0 amide bonds. The molecule has 0 aromatic carbocycles.